The molecule has 0 unspecified atom stereocenters. The van der Waals surface area contributed by atoms with E-state index >= 15 is 0 Å². The summed E-state index contributed by atoms with van der Waals surface area (Å²) in [5.41, 5.74) is 8.75. The number of para-hydroxylation sites is 1. The van der Waals surface area contributed by atoms with Crippen molar-refractivity contribution < 1.29 is 19.1 Å². The molecule has 0 radical (unpaired) electrons. The monoisotopic (exact) mass is 410 g/mol. The number of carbonyl (C=O) groups excluding carboxylic acids is 3. The Labute approximate surface area is 175 Å². The highest BCUT2D eigenvalue weighted by atomic mass is 16.5. The van der Waals surface area contributed by atoms with Crippen molar-refractivity contribution in [1.82, 2.24) is 14.7 Å². The summed E-state index contributed by atoms with van der Waals surface area (Å²) in [6.45, 7) is 4.35. The van der Waals surface area contributed by atoms with Crippen LogP contribution in [0.15, 0.2) is 36.4 Å². The molecule has 1 aromatic carbocycles. The third-order valence-corrected chi connectivity index (χ3v) is 5.32. The van der Waals surface area contributed by atoms with Gasteiger partial charge in [0.15, 0.2) is 6.61 Å². The Morgan fingerprint density at radius 2 is 1.83 bits per heavy atom. The Bertz CT molecular complexity index is 957. The van der Waals surface area contributed by atoms with Crippen molar-refractivity contribution in [2.45, 2.75) is 26.7 Å². The summed E-state index contributed by atoms with van der Waals surface area (Å²) in [5.74, 6) is -1.40. The van der Waals surface area contributed by atoms with Gasteiger partial charge in [0, 0.05) is 36.3 Å². The predicted octanol–water partition coefficient (Wildman–Crippen LogP) is 1.77. The minimum absolute atomic E-state index is 0.192. The fourth-order valence-electron chi connectivity index (χ4n) is 3.55. The molecule has 1 fully saturated rings. The average molecular weight is 410 g/mol. The molecule has 0 bridgehead atoms. The molecule has 1 aliphatic rings. The van der Waals surface area contributed by atoms with E-state index in [1.807, 2.05) is 48.9 Å². The van der Waals surface area contributed by atoms with E-state index in [4.69, 9.17) is 10.5 Å². The topological polar surface area (TPSA) is 108 Å². The number of ether oxygens (including phenoxy) is 1. The molecule has 3 rings (SSSR count). The van der Waals surface area contributed by atoms with E-state index in [1.165, 1.54) is 6.08 Å². The van der Waals surface area contributed by atoms with Crippen LogP contribution in [0.4, 0.5) is 0 Å². The molecule has 0 aliphatic carbocycles. The first-order valence-corrected chi connectivity index (χ1v) is 9.90. The second-order valence-corrected chi connectivity index (χ2v) is 7.33. The van der Waals surface area contributed by atoms with Crippen molar-refractivity contribution >= 4 is 23.9 Å². The lowest BCUT2D eigenvalue weighted by Crippen LogP contribution is -2.43. The zero-order valence-electron chi connectivity index (χ0n) is 17.2. The lowest BCUT2D eigenvalue weighted by Gasteiger charge is -2.30. The number of esters is 1. The first kappa shape index (κ1) is 21.3. The van der Waals surface area contributed by atoms with E-state index in [-0.39, 0.29) is 24.3 Å². The number of benzene rings is 1. The summed E-state index contributed by atoms with van der Waals surface area (Å²) in [5, 5.41) is 4.53. The van der Waals surface area contributed by atoms with E-state index in [0.29, 0.717) is 25.9 Å². The Morgan fingerprint density at radius 1 is 1.17 bits per heavy atom. The number of amides is 2. The van der Waals surface area contributed by atoms with Gasteiger partial charge in [-0.1, -0.05) is 18.2 Å². The summed E-state index contributed by atoms with van der Waals surface area (Å²) in [4.78, 5) is 37.1. The third kappa shape index (κ3) is 4.94. The van der Waals surface area contributed by atoms with Gasteiger partial charge < -0.3 is 15.4 Å². The van der Waals surface area contributed by atoms with Crippen LogP contribution in [0.5, 0.6) is 0 Å². The largest absolute Gasteiger partial charge is 0.452 e. The summed E-state index contributed by atoms with van der Waals surface area (Å²) in [7, 11) is 0. The van der Waals surface area contributed by atoms with Crippen LogP contribution in [-0.2, 0) is 19.1 Å². The molecule has 158 valence electrons. The highest BCUT2D eigenvalue weighted by Crippen LogP contribution is 2.19. The van der Waals surface area contributed by atoms with Crippen LogP contribution in [0, 0.1) is 19.8 Å². The smallest absolute Gasteiger partial charge is 0.331 e. The molecule has 0 saturated carbocycles. The van der Waals surface area contributed by atoms with E-state index < -0.39 is 5.97 Å². The van der Waals surface area contributed by atoms with Crippen molar-refractivity contribution in [3.8, 4) is 5.69 Å². The second-order valence-electron chi connectivity index (χ2n) is 7.33. The van der Waals surface area contributed by atoms with Crippen molar-refractivity contribution in [3.05, 3.63) is 53.4 Å². The van der Waals surface area contributed by atoms with Crippen LogP contribution in [0.1, 0.15) is 29.8 Å². The van der Waals surface area contributed by atoms with E-state index in [0.717, 1.165) is 22.6 Å². The molecular formula is C22H26N4O4. The molecule has 8 nitrogen and oxygen atoms in total. The Morgan fingerprint density at radius 3 is 2.47 bits per heavy atom. The summed E-state index contributed by atoms with van der Waals surface area (Å²) in [6.07, 6.45) is 4.04. The summed E-state index contributed by atoms with van der Waals surface area (Å²) >= 11 is 0. The lowest BCUT2D eigenvalue weighted by atomic mass is 9.96. The number of aromatic nitrogens is 2. The van der Waals surface area contributed by atoms with Gasteiger partial charge in [0.05, 0.1) is 11.4 Å². The number of carbonyl (C=O) groups is 3. The predicted molar refractivity (Wildman–Crippen MR) is 112 cm³/mol. The van der Waals surface area contributed by atoms with Crippen LogP contribution in [0.2, 0.25) is 0 Å². The van der Waals surface area contributed by atoms with Gasteiger partial charge in [-0.05, 0) is 44.9 Å². The maximum absolute atomic E-state index is 12.2. The van der Waals surface area contributed by atoms with E-state index in [2.05, 4.69) is 5.10 Å². The van der Waals surface area contributed by atoms with Gasteiger partial charge in [-0.15, -0.1) is 0 Å². The first-order valence-electron chi connectivity index (χ1n) is 9.90. The van der Waals surface area contributed by atoms with Gasteiger partial charge >= 0.3 is 5.97 Å². The maximum Gasteiger partial charge on any atom is 0.331 e. The van der Waals surface area contributed by atoms with Crippen LogP contribution in [-0.4, -0.2) is 52.2 Å². The fourth-order valence-corrected chi connectivity index (χ4v) is 3.55. The van der Waals surface area contributed by atoms with Gasteiger partial charge in [0.25, 0.3) is 5.91 Å². The highest BCUT2D eigenvalue weighted by Gasteiger charge is 2.26. The minimum atomic E-state index is -0.596. The standard InChI is InChI=1S/C22H26N4O4/c1-15-19(16(2)26(24-15)18-6-4-3-5-7-18)8-9-21(28)30-14-20(27)25-12-10-17(11-13-25)22(23)29/h3-9,17H,10-14H2,1-2H3,(H2,23,29)/b9-8+. The lowest BCUT2D eigenvalue weighted by molar-refractivity contribution is -0.149. The fraction of sp³-hybridized carbons (Fsp3) is 0.364. The quantitative estimate of drug-likeness (QED) is 0.577. The third-order valence-electron chi connectivity index (χ3n) is 5.32. The van der Waals surface area contributed by atoms with Crippen LogP contribution in [0.25, 0.3) is 11.8 Å². The molecule has 30 heavy (non-hydrogen) atoms. The first-order chi connectivity index (χ1) is 14.4. The summed E-state index contributed by atoms with van der Waals surface area (Å²) < 4.78 is 6.91. The molecule has 1 aliphatic heterocycles. The molecule has 1 saturated heterocycles. The molecule has 2 amide bonds. The van der Waals surface area contributed by atoms with Gasteiger partial charge in [-0.25, -0.2) is 9.48 Å². The highest BCUT2D eigenvalue weighted by molar-refractivity contribution is 5.89. The van der Waals surface area contributed by atoms with Crippen LogP contribution >= 0.6 is 0 Å². The molecule has 2 aromatic rings. The SMILES string of the molecule is Cc1nn(-c2ccccc2)c(C)c1/C=C/C(=O)OCC(=O)N1CCC(C(N)=O)CC1. The molecule has 0 spiro atoms. The number of nitrogens with two attached hydrogens (primary N) is 1. The molecule has 2 N–H and O–H groups in total. The number of likely N-dealkylation sites (tertiary alicyclic amines) is 1. The van der Waals surface area contributed by atoms with Gasteiger partial charge in [0.1, 0.15) is 0 Å². The zero-order chi connectivity index (χ0) is 21.7. The van der Waals surface area contributed by atoms with E-state index in [1.54, 1.807) is 11.0 Å². The Kier molecular flexibility index (Phi) is 6.66. The molecule has 2 heterocycles. The number of rotatable bonds is 6. The van der Waals surface area contributed by atoms with Gasteiger partial charge in [-0.2, -0.15) is 5.10 Å². The van der Waals surface area contributed by atoms with Crippen molar-refractivity contribution in [3.63, 3.8) is 0 Å². The van der Waals surface area contributed by atoms with Crippen molar-refractivity contribution in [1.29, 1.82) is 0 Å². The second kappa shape index (κ2) is 9.39. The van der Waals surface area contributed by atoms with Crippen LogP contribution in [0.3, 0.4) is 0 Å². The van der Waals surface area contributed by atoms with Crippen molar-refractivity contribution in [2.24, 2.45) is 11.7 Å². The van der Waals surface area contributed by atoms with Gasteiger partial charge in [0.2, 0.25) is 5.91 Å². The zero-order valence-corrected chi connectivity index (χ0v) is 17.2. The normalized spacial score (nSPS) is 14.8. The number of piperidine rings is 1. The molecule has 1 aromatic heterocycles. The van der Waals surface area contributed by atoms with Crippen LogP contribution < -0.4 is 5.73 Å². The Hall–Kier alpha value is -3.42. The van der Waals surface area contributed by atoms with Gasteiger partial charge in [-0.3, -0.25) is 9.59 Å². The maximum atomic E-state index is 12.2. The summed E-state index contributed by atoms with van der Waals surface area (Å²) in [6, 6.07) is 9.73. The Balaban J connectivity index is 1.55. The number of aryl methyl sites for hydroxylation is 1. The average Bonchev–Trinajstić information content (AvgIpc) is 3.04. The van der Waals surface area contributed by atoms with Crippen molar-refractivity contribution in [2.75, 3.05) is 19.7 Å². The van der Waals surface area contributed by atoms with E-state index in [9.17, 15) is 14.4 Å². The molecular weight excluding hydrogens is 384 g/mol. The number of hydrogen-bond donors (Lipinski definition) is 1. The molecule has 8 heteroatoms. The number of primary amides is 1. The number of hydrogen-bond acceptors (Lipinski definition) is 5. The number of nitrogens with zero attached hydrogens (tertiary/aromatic N) is 3. The minimum Gasteiger partial charge on any atom is -0.452 e. The molecule has 0 atom stereocenters.